The third kappa shape index (κ3) is 2.95. The van der Waals surface area contributed by atoms with Crippen LogP contribution in [-0.2, 0) is 9.53 Å². The number of aromatic nitrogens is 2. The quantitative estimate of drug-likeness (QED) is 0.757. The predicted octanol–water partition coefficient (Wildman–Crippen LogP) is -0.0166. The van der Waals surface area contributed by atoms with E-state index in [4.69, 9.17) is 4.74 Å². The highest BCUT2D eigenvalue weighted by Gasteiger charge is 2.46. The largest absolute Gasteiger partial charge is 0.370 e. The summed E-state index contributed by atoms with van der Waals surface area (Å²) in [7, 11) is 2.08. The third-order valence-corrected chi connectivity index (χ3v) is 5.18. The van der Waals surface area contributed by atoms with Gasteiger partial charge in [0.15, 0.2) is 5.82 Å². The fraction of sp³-hybridized carbons (Fsp3) is 0.688. The Morgan fingerprint density at radius 1 is 1.21 bits per heavy atom. The molecule has 130 valence electrons. The van der Waals surface area contributed by atoms with E-state index in [1.165, 1.54) is 12.4 Å². The van der Waals surface area contributed by atoms with Crippen molar-refractivity contribution in [3.8, 4) is 0 Å². The van der Waals surface area contributed by atoms with Crippen molar-refractivity contribution in [3.05, 3.63) is 18.2 Å². The van der Waals surface area contributed by atoms with Crippen LogP contribution >= 0.6 is 0 Å². The summed E-state index contributed by atoms with van der Waals surface area (Å²) >= 11 is 0. The van der Waals surface area contributed by atoms with Crippen LogP contribution in [0.1, 0.15) is 6.42 Å². The fourth-order valence-electron chi connectivity index (χ4n) is 3.81. The molecule has 3 atom stereocenters. The molecular formula is C16H22FN5O2. The van der Waals surface area contributed by atoms with E-state index in [0.29, 0.717) is 19.0 Å². The van der Waals surface area contributed by atoms with Gasteiger partial charge in [0.25, 0.3) is 0 Å². The predicted molar refractivity (Wildman–Crippen MR) is 85.0 cm³/mol. The number of anilines is 1. The number of piperazine rings is 1. The highest BCUT2D eigenvalue weighted by atomic mass is 19.1. The van der Waals surface area contributed by atoms with Crippen LogP contribution in [0.5, 0.6) is 0 Å². The van der Waals surface area contributed by atoms with Gasteiger partial charge in [-0.2, -0.15) is 0 Å². The second kappa shape index (κ2) is 6.25. The van der Waals surface area contributed by atoms with Crippen LogP contribution in [0.4, 0.5) is 10.3 Å². The van der Waals surface area contributed by atoms with Crippen molar-refractivity contribution >= 4 is 11.9 Å². The average Bonchev–Trinajstić information content (AvgIpc) is 2.89. The van der Waals surface area contributed by atoms with Gasteiger partial charge in [-0.1, -0.05) is 0 Å². The van der Waals surface area contributed by atoms with Crippen LogP contribution in [0, 0.1) is 11.7 Å². The molecule has 4 rings (SSSR count). The first-order valence-corrected chi connectivity index (χ1v) is 8.45. The van der Waals surface area contributed by atoms with Crippen LogP contribution in [0.25, 0.3) is 0 Å². The van der Waals surface area contributed by atoms with Gasteiger partial charge < -0.3 is 19.4 Å². The molecule has 0 aliphatic carbocycles. The van der Waals surface area contributed by atoms with E-state index in [-0.39, 0.29) is 24.0 Å². The van der Waals surface area contributed by atoms with Gasteiger partial charge in [-0.05, 0) is 13.5 Å². The molecular weight excluding hydrogens is 313 g/mol. The Morgan fingerprint density at radius 2 is 1.92 bits per heavy atom. The maximum atomic E-state index is 13.0. The summed E-state index contributed by atoms with van der Waals surface area (Å²) in [5.74, 6) is 0.168. The number of hydrogen-bond acceptors (Lipinski definition) is 6. The average molecular weight is 335 g/mol. The normalized spacial score (nSPS) is 30.7. The minimum absolute atomic E-state index is 0.0128. The standard InChI is InChI=1S/C16H22FN5O2/c1-20-2-4-21(5-3-20)15(23)13-6-12-9-22(10-14(13)24-12)16-18-7-11(17)8-19-16/h7-8,12-14H,2-6,9-10H2,1H3/t12-,13-,14+/m0/s1. The highest BCUT2D eigenvalue weighted by molar-refractivity contribution is 5.80. The molecule has 0 unspecified atom stereocenters. The van der Waals surface area contributed by atoms with Crippen LogP contribution in [-0.4, -0.2) is 84.2 Å². The molecule has 7 nitrogen and oxygen atoms in total. The molecule has 4 heterocycles. The first-order chi connectivity index (χ1) is 11.6. The summed E-state index contributed by atoms with van der Waals surface area (Å²) in [6.45, 7) is 4.63. The zero-order chi connectivity index (χ0) is 16.7. The Hall–Kier alpha value is -1.80. The van der Waals surface area contributed by atoms with Crippen molar-refractivity contribution < 1.29 is 13.9 Å². The summed E-state index contributed by atoms with van der Waals surface area (Å²) in [5, 5.41) is 0. The summed E-state index contributed by atoms with van der Waals surface area (Å²) < 4.78 is 19.0. The van der Waals surface area contributed by atoms with Crippen molar-refractivity contribution in [3.63, 3.8) is 0 Å². The molecule has 0 saturated carbocycles. The molecule has 2 bridgehead atoms. The zero-order valence-corrected chi connectivity index (χ0v) is 13.8. The second-order valence-corrected chi connectivity index (χ2v) is 6.87. The molecule has 1 amide bonds. The van der Waals surface area contributed by atoms with Gasteiger partial charge in [0, 0.05) is 39.3 Å². The van der Waals surface area contributed by atoms with Gasteiger partial charge in [0.2, 0.25) is 11.9 Å². The van der Waals surface area contributed by atoms with E-state index >= 15 is 0 Å². The van der Waals surface area contributed by atoms with Crippen molar-refractivity contribution in [2.75, 3.05) is 51.2 Å². The number of hydrogen-bond donors (Lipinski definition) is 0. The monoisotopic (exact) mass is 335 g/mol. The molecule has 0 radical (unpaired) electrons. The molecule has 3 fully saturated rings. The third-order valence-electron chi connectivity index (χ3n) is 5.18. The van der Waals surface area contributed by atoms with Gasteiger partial charge in [0.05, 0.1) is 30.5 Å². The van der Waals surface area contributed by atoms with Crippen molar-refractivity contribution in [1.82, 2.24) is 19.8 Å². The first kappa shape index (κ1) is 15.7. The minimum Gasteiger partial charge on any atom is -0.370 e. The van der Waals surface area contributed by atoms with E-state index in [2.05, 4.69) is 21.9 Å². The van der Waals surface area contributed by atoms with Gasteiger partial charge in [-0.25, -0.2) is 14.4 Å². The van der Waals surface area contributed by atoms with E-state index in [0.717, 1.165) is 32.6 Å². The Labute approximate surface area is 140 Å². The molecule has 3 saturated heterocycles. The fourth-order valence-corrected chi connectivity index (χ4v) is 3.81. The number of ether oxygens (including phenoxy) is 1. The van der Waals surface area contributed by atoms with Crippen LogP contribution in [0.2, 0.25) is 0 Å². The highest BCUT2D eigenvalue weighted by Crippen LogP contribution is 2.34. The SMILES string of the molecule is CN1CCN(C(=O)[C@H]2C[C@H]3CN(c4ncc(F)cn4)C[C@H]2O3)CC1. The van der Waals surface area contributed by atoms with E-state index in [1.807, 2.05) is 9.80 Å². The molecule has 0 aromatic carbocycles. The summed E-state index contributed by atoms with van der Waals surface area (Å²) in [6.07, 6.45) is 2.97. The number of carbonyl (C=O) groups excluding carboxylic acids is 1. The maximum absolute atomic E-state index is 13.0. The Bertz CT molecular complexity index is 605. The number of halogens is 1. The number of fused-ring (bicyclic) bond motifs is 2. The molecule has 1 aromatic heterocycles. The van der Waals surface area contributed by atoms with E-state index in [9.17, 15) is 9.18 Å². The van der Waals surface area contributed by atoms with E-state index in [1.54, 1.807) is 0 Å². The lowest BCUT2D eigenvalue weighted by molar-refractivity contribution is -0.139. The lowest BCUT2D eigenvalue weighted by Gasteiger charge is -2.36. The van der Waals surface area contributed by atoms with Crippen molar-refractivity contribution in [2.45, 2.75) is 18.6 Å². The molecule has 0 N–H and O–H groups in total. The maximum Gasteiger partial charge on any atom is 0.228 e. The summed E-state index contributed by atoms with van der Waals surface area (Å²) in [4.78, 5) is 27.2. The van der Waals surface area contributed by atoms with E-state index < -0.39 is 5.82 Å². The number of morpholine rings is 1. The van der Waals surface area contributed by atoms with Gasteiger partial charge in [-0.3, -0.25) is 4.79 Å². The Balaban J connectivity index is 1.43. The lowest BCUT2D eigenvalue weighted by Crippen LogP contribution is -2.51. The number of carbonyl (C=O) groups is 1. The molecule has 3 aliphatic rings. The Morgan fingerprint density at radius 3 is 2.62 bits per heavy atom. The second-order valence-electron chi connectivity index (χ2n) is 6.87. The number of nitrogens with zero attached hydrogens (tertiary/aromatic N) is 5. The first-order valence-electron chi connectivity index (χ1n) is 8.45. The molecule has 1 aromatic rings. The van der Waals surface area contributed by atoms with Gasteiger partial charge >= 0.3 is 0 Å². The summed E-state index contributed by atoms with van der Waals surface area (Å²) in [5.41, 5.74) is 0. The summed E-state index contributed by atoms with van der Waals surface area (Å²) in [6, 6.07) is 0. The van der Waals surface area contributed by atoms with Crippen molar-refractivity contribution in [1.29, 1.82) is 0 Å². The molecule has 3 aliphatic heterocycles. The number of rotatable bonds is 2. The molecule has 0 spiro atoms. The topological polar surface area (TPSA) is 61.8 Å². The molecule has 24 heavy (non-hydrogen) atoms. The molecule has 8 heteroatoms. The lowest BCUT2D eigenvalue weighted by atomic mass is 9.98. The Kier molecular flexibility index (Phi) is 4.09. The van der Waals surface area contributed by atoms with Crippen LogP contribution in [0.3, 0.4) is 0 Å². The smallest absolute Gasteiger partial charge is 0.228 e. The minimum atomic E-state index is -0.446. The van der Waals surface area contributed by atoms with Gasteiger partial charge in [0.1, 0.15) is 0 Å². The van der Waals surface area contributed by atoms with Crippen LogP contribution in [0.15, 0.2) is 12.4 Å². The number of amides is 1. The van der Waals surface area contributed by atoms with Gasteiger partial charge in [-0.15, -0.1) is 0 Å². The number of likely N-dealkylation sites (N-methyl/N-ethyl adjacent to an activating group) is 1. The van der Waals surface area contributed by atoms with Crippen molar-refractivity contribution in [2.24, 2.45) is 5.92 Å². The zero-order valence-electron chi connectivity index (χ0n) is 13.8. The van der Waals surface area contributed by atoms with Crippen LogP contribution < -0.4 is 4.90 Å².